The first-order chi connectivity index (χ1) is 8.09. The maximum absolute atomic E-state index is 12.3. The van der Waals surface area contributed by atoms with Crippen molar-refractivity contribution in [3.63, 3.8) is 0 Å². The molecule has 2 N–H and O–H groups in total. The maximum atomic E-state index is 12.3. The molecule has 0 aliphatic carbocycles. The lowest BCUT2D eigenvalue weighted by molar-refractivity contribution is 0.103. The van der Waals surface area contributed by atoms with Crippen LogP contribution in [0.5, 0.6) is 0 Å². The second-order valence-electron chi connectivity index (χ2n) is 3.75. The molecule has 0 unspecified atom stereocenters. The molecular weight excluding hydrogens is 280 g/mol. The second-order valence-corrected chi connectivity index (χ2v) is 4.67. The van der Waals surface area contributed by atoms with Crippen LogP contribution in [0.3, 0.4) is 0 Å². The number of carbonyl (C=O) groups is 1. The average Bonchev–Trinajstić information content (AvgIpc) is 2.32. The van der Waals surface area contributed by atoms with E-state index in [0.717, 1.165) is 10.0 Å². The topological polar surface area (TPSA) is 56.0 Å². The standard InChI is InChI=1S/C13H11BrN2O/c1-8-4-5-16-7-11(8)13(17)10-6-9(14)2-3-12(10)15/h2-7H,15H2,1H3. The minimum atomic E-state index is -0.102. The fraction of sp³-hybridized carbons (Fsp3) is 0.0769. The highest BCUT2D eigenvalue weighted by atomic mass is 79.9. The molecule has 0 bridgehead atoms. The Balaban J connectivity index is 2.51. The average molecular weight is 291 g/mol. The van der Waals surface area contributed by atoms with Gasteiger partial charge in [-0.15, -0.1) is 0 Å². The van der Waals surface area contributed by atoms with Gasteiger partial charge in [-0.25, -0.2) is 0 Å². The lowest BCUT2D eigenvalue weighted by Crippen LogP contribution is -2.07. The molecule has 1 aromatic carbocycles. The number of aromatic nitrogens is 1. The number of pyridine rings is 1. The summed E-state index contributed by atoms with van der Waals surface area (Å²) in [6, 6.07) is 7.05. The van der Waals surface area contributed by atoms with Gasteiger partial charge in [0, 0.05) is 33.7 Å². The number of nitrogen functional groups attached to an aromatic ring is 1. The van der Waals surface area contributed by atoms with Gasteiger partial charge in [0.1, 0.15) is 0 Å². The molecule has 0 radical (unpaired) electrons. The molecule has 0 atom stereocenters. The summed E-state index contributed by atoms with van der Waals surface area (Å²) in [7, 11) is 0. The summed E-state index contributed by atoms with van der Waals surface area (Å²) in [6.45, 7) is 1.88. The van der Waals surface area contributed by atoms with E-state index >= 15 is 0 Å². The van der Waals surface area contributed by atoms with Gasteiger partial charge in [0.05, 0.1) is 0 Å². The normalized spacial score (nSPS) is 10.2. The number of ketones is 1. The van der Waals surface area contributed by atoms with Crippen molar-refractivity contribution in [2.75, 3.05) is 5.73 Å². The predicted octanol–water partition coefficient (Wildman–Crippen LogP) is 2.97. The Kier molecular flexibility index (Phi) is 3.24. The fourth-order valence-corrected chi connectivity index (χ4v) is 1.93. The number of benzene rings is 1. The molecule has 1 heterocycles. The molecule has 86 valence electrons. The summed E-state index contributed by atoms with van der Waals surface area (Å²) in [4.78, 5) is 16.3. The van der Waals surface area contributed by atoms with Gasteiger partial charge in [0.15, 0.2) is 5.78 Å². The summed E-state index contributed by atoms with van der Waals surface area (Å²) < 4.78 is 0.830. The Morgan fingerprint density at radius 1 is 1.29 bits per heavy atom. The molecule has 0 saturated carbocycles. The third-order valence-corrected chi connectivity index (χ3v) is 3.04. The van der Waals surface area contributed by atoms with Crippen LogP contribution >= 0.6 is 15.9 Å². The highest BCUT2D eigenvalue weighted by Gasteiger charge is 2.14. The number of nitrogens with two attached hydrogens (primary N) is 1. The number of hydrogen-bond acceptors (Lipinski definition) is 3. The molecule has 2 aromatic rings. The van der Waals surface area contributed by atoms with Gasteiger partial charge >= 0.3 is 0 Å². The van der Waals surface area contributed by atoms with Crippen molar-refractivity contribution in [1.82, 2.24) is 4.98 Å². The number of halogens is 1. The van der Waals surface area contributed by atoms with Crippen LogP contribution in [0.15, 0.2) is 41.1 Å². The quantitative estimate of drug-likeness (QED) is 0.683. The lowest BCUT2D eigenvalue weighted by atomic mass is 10.00. The second kappa shape index (κ2) is 4.67. The monoisotopic (exact) mass is 290 g/mol. The summed E-state index contributed by atoms with van der Waals surface area (Å²) in [5.41, 5.74) is 8.26. The number of aryl methyl sites for hydroxylation is 1. The van der Waals surface area contributed by atoms with Crippen molar-refractivity contribution >= 4 is 27.4 Å². The first-order valence-corrected chi connectivity index (χ1v) is 5.89. The van der Waals surface area contributed by atoms with Crippen molar-refractivity contribution in [2.24, 2.45) is 0 Å². The Morgan fingerprint density at radius 2 is 2.06 bits per heavy atom. The molecule has 17 heavy (non-hydrogen) atoms. The van der Waals surface area contributed by atoms with E-state index in [9.17, 15) is 4.79 Å². The van der Waals surface area contributed by atoms with Crippen LogP contribution in [0, 0.1) is 6.92 Å². The van der Waals surface area contributed by atoms with Crippen LogP contribution in [0.1, 0.15) is 21.5 Å². The smallest absolute Gasteiger partial charge is 0.196 e. The van der Waals surface area contributed by atoms with Crippen LogP contribution in [0.4, 0.5) is 5.69 Å². The third kappa shape index (κ3) is 2.36. The van der Waals surface area contributed by atoms with Crippen LogP contribution in [0.25, 0.3) is 0 Å². The van der Waals surface area contributed by atoms with Gasteiger partial charge in [-0.1, -0.05) is 15.9 Å². The Bertz CT molecular complexity index is 581. The van der Waals surface area contributed by atoms with Gasteiger partial charge < -0.3 is 5.73 Å². The Morgan fingerprint density at radius 3 is 2.76 bits per heavy atom. The summed E-state index contributed by atoms with van der Waals surface area (Å²) in [6.07, 6.45) is 3.23. The first-order valence-electron chi connectivity index (χ1n) is 5.10. The lowest BCUT2D eigenvalue weighted by Gasteiger charge is -2.07. The number of carbonyl (C=O) groups excluding carboxylic acids is 1. The number of rotatable bonds is 2. The SMILES string of the molecule is Cc1ccncc1C(=O)c1cc(Br)ccc1N. The molecule has 4 heteroatoms. The zero-order chi connectivity index (χ0) is 12.4. The fourth-order valence-electron chi connectivity index (χ4n) is 1.57. The zero-order valence-corrected chi connectivity index (χ0v) is 10.9. The Labute approximate surface area is 108 Å². The highest BCUT2D eigenvalue weighted by molar-refractivity contribution is 9.10. The van der Waals surface area contributed by atoms with Crippen molar-refractivity contribution < 1.29 is 4.79 Å². The molecule has 0 aliphatic rings. The van der Waals surface area contributed by atoms with Crippen molar-refractivity contribution in [3.05, 3.63) is 57.8 Å². The largest absolute Gasteiger partial charge is 0.398 e. The van der Waals surface area contributed by atoms with E-state index in [-0.39, 0.29) is 5.78 Å². The van der Waals surface area contributed by atoms with Gasteiger partial charge in [-0.3, -0.25) is 9.78 Å². The van der Waals surface area contributed by atoms with Crippen LogP contribution in [0.2, 0.25) is 0 Å². The summed E-state index contributed by atoms with van der Waals surface area (Å²) >= 11 is 3.33. The summed E-state index contributed by atoms with van der Waals surface area (Å²) in [5, 5.41) is 0. The molecule has 0 spiro atoms. The molecule has 0 saturated heterocycles. The first kappa shape index (κ1) is 11.8. The number of hydrogen-bond donors (Lipinski definition) is 1. The molecule has 0 aliphatic heterocycles. The Hall–Kier alpha value is -1.68. The van der Waals surface area contributed by atoms with Crippen molar-refractivity contribution in [1.29, 1.82) is 0 Å². The van der Waals surface area contributed by atoms with Crippen LogP contribution < -0.4 is 5.73 Å². The molecule has 3 nitrogen and oxygen atoms in total. The minimum Gasteiger partial charge on any atom is -0.398 e. The van der Waals surface area contributed by atoms with Crippen molar-refractivity contribution in [3.8, 4) is 0 Å². The minimum absolute atomic E-state index is 0.102. The van der Waals surface area contributed by atoms with E-state index in [1.165, 1.54) is 0 Å². The van der Waals surface area contributed by atoms with E-state index in [1.54, 1.807) is 30.6 Å². The van der Waals surface area contributed by atoms with E-state index in [1.807, 2.05) is 13.0 Å². The van der Waals surface area contributed by atoms with E-state index in [4.69, 9.17) is 5.73 Å². The van der Waals surface area contributed by atoms with Crippen molar-refractivity contribution in [2.45, 2.75) is 6.92 Å². The van der Waals surface area contributed by atoms with Crippen LogP contribution in [-0.2, 0) is 0 Å². The molecular formula is C13H11BrN2O. The zero-order valence-electron chi connectivity index (χ0n) is 9.27. The predicted molar refractivity (Wildman–Crippen MR) is 71.0 cm³/mol. The number of anilines is 1. The molecule has 0 fully saturated rings. The van der Waals surface area contributed by atoms with E-state index in [2.05, 4.69) is 20.9 Å². The van der Waals surface area contributed by atoms with Gasteiger partial charge in [-0.05, 0) is 36.8 Å². The van der Waals surface area contributed by atoms with E-state index < -0.39 is 0 Å². The van der Waals surface area contributed by atoms with Gasteiger partial charge in [0.2, 0.25) is 0 Å². The highest BCUT2D eigenvalue weighted by Crippen LogP contribution is 2.22. The third-order valence-electron chi connectivity index (χ3n) is 2.54. The molecule has 1 aromatic heterocycles. The summed E-state index contributed by atoms with van der Waals surface area (Å²) in [5.74, 6) is -0.102. The number of nitrogens with zero attached hydrogens (tertiary/aromatic N) is 1. The molecule has 2 rings (SSSR count). The maximum Gasteiger partial charge on any atom is 0.196 e. The van der Waals surface area contributed by atoms with E-state index in [0.29, 0.717) is 16.8 Å². The van der Waals surface area contributed by atoms with Gasteiger partial charge in [-0.2, -0.15) is 0 Å². The molecule has 0 amide bonds. The van der Waals surface area contributed by atoms with Gasteiger partial charge in [0.25, 0.3) is 0 Å². The van der Waals surface area contributed by atoms with Crippen LogP contribution in [-0.4, -0.2) is 10.8 Å².